The van der Waals surface area contributed by atoms with E-state index in [4.69, 9.17) is 0 Å². The zero-order valence-corrected chi connectivity index (χ0v) is 16.0. The highest BCUT2D eigenvalue weighted by Gasteiger charge is 2.14. The van der Waals surface area contributed by atoms with Crippen molar-refractivity contribution in [2.45, 2.75) is 40.2 Å². The third-order valence-electron chi connectivity index (χ3n) is 3.80. The van der Waals surface area contributed by atoms with Crippen molar-refractivity contribution in [3.8, 4) is 11.4 Å². The summed E-state index contributed by atoms with van der Waals surface area (Å²) in [6, 6.07) is 14.1. The molecule has 0 spiro atoms. The zero-order chi connectivity index (χ0) is 18.7. The van der Waals surface area contributed by atoms with Gasteiger partial charge in [0.15, 0.2) is 0 Å². The van der Waals surface area contributed by atoms with Crippen LogP contribution in [0.3, 0.4) is 0 Å². The minimum absolute atomic E-state index is 0.140. The predicted molar refractivity (Wildman–Crippen MR) is 108 cm³/mol. The molecule has 0 saturated heterocycles. The van der Waals surface area contributed by atoms with Gasteiger partial charge in [-0.05, 0) is 63.9 Å². The molecule has 3 rings (SSSR count). The van der Waals surface area contributed by atoms with Gasteiger partial charge in [0.05, 0.1) is 11.4 Å². The van der Waals surface area contributed by atoms with Gasteiger partial charge in [0.25, 0.3) is 0 Å². The largest absolute Gasteiger partial charge is 0.350 e. The van der Waals surface area contributed by atoms with E-state index in [0.717, 1.165) is 22.9 Å². The summed E-state index contributed by atoms with van der Waals surface area (Å²) < 4.78 is 0. The molecule has 0 atom stereocenters. The maximum absolute atomic E-state index is 4.65. The Labute approximate surface area is 154 Å². The Morgan fingerprint density at radius 2 is 1.69 bits per heavy atom. The van der Waals surface area contributed by atoms with E-state index in [1.165, 1.54) is 11.1 Å². The van der Waals surface area contributed by atoms with Crippen molar-refractivity contribution in [2.75, 3.05) is 10.6 Å². The lowest BCUT2D eigenvalue weighted by Gasteiger charge is -2.21. The molecule has 0 amide bonds. The Morgan fingerprint density at radius 1 is 0.885 bits per heavy atom. The Morgan fingerprint density at radius 3 is 2.38 bits per heavy atom. The quantitative estimate of drug-likeness (QED) is 0.687. The van der Waals surface area contributed by atoms with Gasteiger partial charge in [-0.2, -0.15) is 4.98 Å². The SMILES string of the molecule is Cc1ccc(C)c(Nc2cc(-c3ccccn3)nc(NC(C)(C)C)n2)c1. The van der Waals surface area contributed by atoms with Gasteiger partial charge >= 0.3 is 0 Å². The molecule has 0 saturated carbocycles. The van der Waals surface area contributed by atoms with Crippen molar-refractivity contribution in [3.63, 3.8) is 0 Å². The third-order valence-corrected chi connectivity index (χ3v) is 3.80. The van der Waals surface area contributed by atoms with Crippen molar-refractivity contribution in [1.82, 2.24) is 15.0 Å². The zero-order valence-electron chi connectivity index (χ0n) is 16.0. The second-order valence-corrected chi connectivity index (χ2v) is 7.50. The molecule has 0 fully saturated rings. The van der Waals surface area contributed by atoms with Crippen LogP contribution >= 0.6 is 0 Å². The topological polar surface area (TPSA) is 62.7 Å². The Hall–Kier alpha value is -2.95. The summed E-state index contributed by atoms with van der Waals surface area (Å²) in [6.45, 7) is 10.4. The van der Waals surface area contributed by atoms with E-state index < -0.39 is 0 Å². The van der Waals surface area contributed by atoms with E-state index in [9.17, 15) is 0 Å². The molecule has 0 aliphatic rings. The monoisotopic (exact) mass is 347 g/mol. The fourth-order valence-corrected chi connectivity index (χ4v) is 2.56. The summed E-state index contributed by atoms with van der Waals surface area (Å²) in [5.41, 5.74) is 4.86. The molecule has 5 heteroatoms. The molecule has 5 nitrogen and oxygen atoms in total. The number of hydrogen-bond acceptors (Lipinski definition) is 5. The van der Waals surface area contributed by atoms with E-state index in [2.05, 4.69) is 78.4 Å². The average molecular weight is 347 g/mol. The van der Waals surface area contributed by atoms with Crippen molar-refractivity contribution >= 4 is 17.5 Å². The number of hydrogen-bond donors (Lipinski definition) is 2. The number of nitrogens with one attached hydrogen (secondary N) is 2. The molecule has 0 radical (unpaired) electrons. The van der Waals surface area contributed by atoms with Crippen LogP contribution in [0.2, 0.25) is 0 Å². The predicted octanol–water partition coefficient (Wildman–Crippen LogP) is 5.11. The van der Waals surface area contributed by atoms with Crippen molar-refractivity contribution in [2.24, 2.45) is 0 Å². The van der Waals surface area contributed by atoms with Crippen molar-refractivity contribution in [1.29, 1.82) is 0 Å². The highest BCUT2D eigenvalue weighted by molar-refractivity contribution is 5.67. The lowest BCUT2D eigenvalue weighted by Crippen LogP contribution is -2.27. The molecule has 0 aliphatic carbocycles. The molecule has 0 unspecified atom stereocenters. The average Bonchev–Trinajstić information content (AvgIpc) is 2.57. The van der Waals surface area contributed by atoms with E-state index >= 15 is 0 Å². The maximum Gasteiger partial charge on any atom is 0.225 e. The maximum atomic E-state index is 4.65. The summed E-state index contributed by atoms with van der Waals surface area (Å²) in [4.78, 5) is 13.7. The number of nitrogens with zero attached hydrogens (tertiary/aromatic N) is 3. The van der Waals surface area contributed by atoms with Crippen molar-refractivity contribution < 1.29 is 0 Å². The first-order valence-electron chi connectivity index (χ1n) is 8.73. The molecular weight excluding hydrogens is 322 g/mol. The Balaban J connectivity index is 2.03. The minimum atomic E-state index is -0.140. The molecule has 3 aromatic rings. The first-order valence-corrected chi connectivity index (χ1v) is 8.73. The van der Waals surface area contributed by atoms with Crippen LogP contribution in [0.5, 0.6) is 0 Å². The Bertz CT molecular complexity index is 898. The van der Waals surface area contributed by atoms with Gasteiger partial charge in [-0.25, -0.2) is 4.98 Å². The highest BCUT2D eigenvalue weighted by Crippen LogP contribution is 2.25. The van der Waals surface area contributed by atoms with Crippen LogP contribution in [0.15, 0.2) is 48.7 Å². The van der Waals surface area contributed by atoms with Gasteiger partial charge in [-0.1, -0.05) is 18.2 Å². The minimum Gasteiger partial charge on any atom is -0.350 e. The number of rotatable bonds is 4. The fourth-order valence-electron chi connectivity index (χ4n) is 2.56. The summed E-state index contributed by atoms with van der Waals surface area (Å²) in [7, 11) is 0. The summed E-state index contributed by atoms with van der Waals surface area (Å²) in [5, 5.41) is 6.78. The van der Waals surface area contributed by atoms with Gasteiger partial charge < -0.3 is 10.6 Å². The van der Waals surface area contributed by atoms with E-state index in [1.54, 1.807) is 6.20 Å². The Kier molecular flexibility index (Phi) is 4.89. The number of benzene rings is 1. The van der Waals surface area contributed by atoms with Gasteiger partial charge in [0.2, 0.25) is 5.95 Å². The summed E-state index contributed by atoms with van der Waals surface area (Å²) >= 11 is 0. The molecule has 2 aromatic heterocycles. The molecule has 2 heterocycles. The molecule has 134 valence electrons. The number of pyridine rings is 1. The molecule has 2 N–H and O–H groups in total. The highest BCUT2D eigenvalue weighted by atomic mass is 15.2. The number of anilines is 3. The van der Waals surface area contributed by atoms with Gasteiger partial charge in [0, 0.05) is 23.5 Å². The fraction of sp³-hybridized carbons (Fsp3) is 0.286. The molecular formula is C21H25N5. The van der Waals surface area contributed by atoms with Gasteiger partial charge in [0.1, 0.15) is 5.82 Å². The van der Waals surface area contributed by atoms with Gasteiger partial charge in [-0.15, -0.1) is 0 Å². The molecule has 1 aromatic carbocycles. The lowest BCUT2D eigenvalue weighted by molar-refractivity contribution is 0.626. The van der Waals surface area contributed by atoms with Crippen LogP contribution in [-0.2, 0) is 0 Å². The van der Waals surface area contributed by atoms with Crippen molar-refractivity contribution in [3.05, 3.63) is 59.8 Å². The molecule has 26 heavy (non-hydrogen) atoms. The number of aryl methyl sites for hydroxylation is 2. The van der Waals surface area contributed by atoms with Crippen LogP contribution in [0, 0.1) is 13.8 Å². The summed E-state index contributed by atoms with van der Waals surface area (Å²) in [5.74, 6) is 1.31. The summed E-state index contributed by atoms with van der Waals surface area (Å²) in [6.07, 6.45) is 1.77. The smallest absolute Gasteiger partial charge is 0.225 e. The molecule has 0 aliphatic heterocycles. The van der Waals surface area contributed by atoms with E-state index in [1.807, 2.05) is 24.3 Å². The third kappa shape index (κ3) is 4.57. The van der Waals surface area contributed by atoms with Crippen LogP contribution in [0.4, 0.5) is 17.5 Å². The standard InChI is InChI=1S/C21H25N5/c1-14-9-10-15(2)17(12-14)23-19-13-18(16-8-6-7-11-22-16)24-20(25-19)26-21(3,4)5/h6-13H,1-5H3,(H2,23,24,25,26). The first-order chi connectivity index (χ1) is 12.3. The molecule has 0 bridgehead atoms. The van der Waals surface area contributed by atoms with Crippen LogP contribution in [0.1, 0.15) is 31.9 Å². The van der Waals surface area contributed by atoms with Crippen LogP contribution in [-0.4, -0.2) is 20.5 Å². The number of aromatic nitrogens is 3. The first kappa shape index (κ1) is 17.9. The van der Waals surface area contributed by atoms with E-state index in [0.29, 0.717) is 5.95 Å². The van der Waals surface area contributed by atoms with Crippen LogP contribution < -0.4 is 10.6 Å². The van der Waals surface area contributed by atoms with Gasteiger partial charge in [-0.3, -0.25) is 4.98 Å². The normalized spacial score (nSPS) is 11.3. The second-order valence-electron chi connectivity index (χ2n) is 7.50. The van der Waals surface area contributed by atoms with E-state index in [-0.39, 0.29) is 5.54 Å². The lowest BCUT2D eigenvalue weighted by atomic mass is 10.1. The second kappa shape index (κ2) is 7.12. The van der Waals surface area contributed by atoms with Crippen LogP contribution in [0.25, 0.3) is 11.4 Å².